The van der Waals surface area contributed by atoms with E-state index in [1.807, 2.05) is 12.1 Å². The van der Waals surface area contributed by atoms with Gasteiger partial charge in [-0.1, -0.05) is 12.1 Å². The zero-order valence-electron chi connectivity index (χ0n) is 9.85. The van der Waals surface area contributed by atoms with Crippen molar-refractivity contribution in [2.45, 2.75) is 25.5 Å². The van der Waals surface area contributed by atoms with E-state index in [2.05, 4.69) is 4.90 Å². The van der Waals surface area contributed by atoms with Crippen LogP contribution in [0.25, 0.3) is 0 Å². The van der Waals surface area contributed by atoms with E-state index < -0.39 is 0 Å². The molecule has 1 aliphatic heterocycles. The number of fused-ring (bicyclic) bond motifs is 1. The predicted molar refractivity (Wildman–Crippen MR) is 63.9 cm³/mol. The monoisotopic (exact) mass is 235 g/mol. The molecule has 3 rings (SSSR count). The molecule has 1 N–H and O–H groups in total. The molecule has 0 bridgehead atoms. The van der Waals surface area contributed by atoms with Crippen molar-refractivity contribution in [1.82, 2.24) is 4.90 Å². The highest BCUT2D eigenvalue weighted by molar-refractivity contribution is 5.16. The average Bonchev–Trinajstić information content (AvgIpc) is 2.85. The van der Waals surface area contributed by atoms with Crippen molar-refractivity contribution in [2.75, 3.05) is 13.1 Å². The maximum atomic E-state index is 12.8. The van der Waals surface area contributed by atoms with Crippen LogP contribution in [0.5, 0.6) is 0 Å². The smallest absolute Gasteiger partial charge is 0.123 e. The van der Waals surface area contributed by atoms with Crippen LogP contribution in [0.15, 0.2) is 24.3 Å². The molecule has 3 heteroatoms. The molecule has 2 fully saturated rings. The number of hydrogen-bond donors (Lipinski definition) is 1. The van der Waals surface area contributed by atoms with Gasteiger partial charge in [0.15, 0.2) is 0 Å². The van der Waals surface area contributed by atoms with E-state index in [0.717, 1.165) is 38.0 Å². The molecule has 17 heavy (non-hydrogen) atoms. The number of nitrogens with zero attached hydrogens (tertiary/aromatic N) is 1. The fourth-order valence-corrected chi connectivity index (χ4v) is 3.31. The summed E-state index contributed by atoms with van der Waals surface area (Å²) >= 11 is 0. The van der Waals surface area contributed by atoms with Crippen LogP contribution in [0.2, 0.25) is 0 Å². The first kappa shape index (κ1) is 11.2. The number of hydrogen-bond acceptors (Lipinski definition) is 2. The molecular formula is C14H18FNO. The summed E-state index contributed by atoms with van der Waals surface area (Å²) in [5.74, 6) is 0.961. The van der Waals surface area contributed by atoms with Crippen LogP contribution >= 0.6 is 0 Å². The van der Waals surface area contributed by atoms with Gasteiger partial charge in [0.1, 0.15) is 5.82 Å². The zero-order valence-corrected chi connectivity index (χ0v) is 9.85. The lowest BCUT2D eigenvalue weighted by atomic mass is 10.00. The molecule has 0 aromatic heterocycles. The van der Waals surface area contributed by atoms with E-state index >= 15 is 0 Å². The molecule has 2 nitrogen and oxygen atoms in total. The molecule has 1 saturated carbocycles. The largest absolute Gasteiger partial charge is 0.393 e. The Morgan fingerprint density at radius 1 is 1.18 bits per heavy atom. The van der Waals surface area contributed by atoms with Crippen molar-refractivity contribution in [3.05, 3.63) is 35.6 Å². The Morgan fingerprint density at radius 2 is 1.94 bits per heavy atom. The third kappa shape index (κ3) is 2.22. The van der Waals surface area contributed by atoms with E-state index in [1.165, 1.54) is 12.1 Å². The molecular weight excluding hydrogens is 217 g/mol. The van der Waals surface area contributed by atoms with Crippen molar-refractivity contribution in [3.8, 4) is 0 Å². The summed E-state index contributed by atoms with van der Waals surface area (Å²) in [7, 11) is 0. The van der Waals surface area contributed by atoms with Gasteiger partial charge in [0, 0.05) is 25.6 Å². The molecule has 0 spiro atoms. The second-order valence-electron chi connectivity index (χ2n) is 5.39. The van der Waals surface area contributed by atoms with Gasteiger partial charge in [-0.3, -0.25) is 4.90 Å². The van der Waals surface area contributed by atoms with Crippen LogP contribution in [0, 0.1) is 17.7 Å². The van der Waals surface area contributed by atoms with Crippen LogP contribution in [0.4, 0.5) is 4.39 Å². The Balaban J connectivity index is 1.62. The van der Waals surface area contributed by atoms with Crippen molar-refractivity contribution in [2.24, 2.45) is 11.8 Å². The van der Waals surface area contributed by atoms with Crippen molar-refractivity contribution in [3.63, 3.8) is 0 Å². The van der Waals surface area contributed by atoms with E-state index in [9.17, 15) is 9.50 Å². The van der Waals surface area contributed by atoms with Crippen LogP contribution in [0.3, 0.4) is 0 Å². The first-order chi connectivity index (χ1) is 8.22. The second kappa shape index (κ2) is 4.39. The van der Waals surface area contributed by atoms with Gasteiger partial charge in [-0.25, -0.2) is 4.39 Å². The lowest BCUT2D eigenvalue weighted by molar-refractivity contribution is 0.123. The number of aliphatic hydroxyl groups excluding tert-OH is 1. The number of likely N-dealkylation sites (tertiary alicyclic amines) is 1. The minimum Gasteiger partial charge on any atom is -0.393 e. The minimum atomic E-state index is -0.178. The Bertz CT molecular complexity index is 392. The topological polar surface area (TPSA) is 23.5 Å². The Morgan fingerprint density at radius 3 is 2.65 bits per heavy atom. The summed E-state index contributed by atoms with van der Waals surface area (Å²) < 4.78 is 12.8. The standard InChI is InChI=1S/C14H18FNO/c15-12-4-1-10(2-5-12)7-16-8-11-3-6-14(17)13(11)9-16/h1-2,4-5,11,13-14,17H,3,6-9H2. The normalized spacial score (nSPS) is 32.9. The zero-order chi connectivity index (χ0) is 11.8. The summed E-state index contributed by atoms with van der Waals surface area (Å²) in [5, 5.41) is 9.84. The fourth-order valence-electron chi connectivity index (χ4n) is 3.31. The van der Waals surface area contributed by atoms with Crippen LogP contribution in [-0.2, 0) is 6.54 Å². The molecule has 1 saturated heterocycles. The summed E-state index contributed by atoms with van der Waals surface area (Å²) in [4.78, 5) is 2.38. The first-order valence-electron chi connectivity index (χ1n) is 6.37. The molecule has 1 aromatic rings. The van der Waals surface area contributed by atoms with Gasteiger partial charge in [0.05, 0.1) is 6.10 Å². The third-order valence-corrected chi connectivity index (χ3v) is 4.21. The highest BCUT2D eigenvalue weighted by atomic mass is 19.1. The van der Waals surface area contributed by atoms with E-state index in [1.54, 1.807) is 0 Å². The van der Waals surface area contributed by atoms with E-state index in [0.29, 0.717) is 11.8 Å². The average molecular weight is 235 g/mol. The lowest BCUT2D eigenvalue weighted by Crippen LogP contribution is -2.24. The highest BCUT2D eigenvalue weighted by Gasteiger charge is 2.41. The molecule has 3 atom stereocenters. The van der Waals surface area contributed by atoms with Crippen molar-refractivity contribution in [1.29, 1.82) is 0 Å². The van der Waals surface area contributed by atoms with Crippen LogP contribution in [-0.4, -0.2) is 29.2 Å². The van der Waals surface area contributed by atoms with Crippen molar-refractivity contribution < 1.29 is 9.50 Å². The minimum absolute atomic E-state index is 0.0989. The van der Waals surface area contributed by atoms with E-state index in [4.69, 9.17) is 0 Å². The van der Waals surface area contributed by atoms with Gasteiger partial charge in [0.25, 0.3) is 0 Å². The van der Waals surface area contributed by atoms with Crippen LogP contribution < -0.4 is 0 Å². The van der Waals surface area contributed by atoms with Crippen molar-refractivity contribution >= 4 is 0 Å². The Labute approximate surface area is 101 Å². The van der Waals surface area contributed by atoms with E-state index in [-0.39, 0.29) is 11.9 Å². The molecule has 1 heterocycles. The van der Waals surface area contributed by atoms with Gasteiger partial charge in [-0.2, -0.15) is 0 Å². The molecule has 1 aromatic carbocycles. The summed E-state index contributed by atoms with van der Waals surface area (Å²) in [6.07, 6.45) is 2.03. The summed E-state index contributed by atoms with van der Waals surface area (Å²) in [6, 6.07) is 6.72. The Hall–Kier alpha value is -0.930. The van der Waals surface area contributed by atoms with Crippen LogP contribution in [0.1, 0.15) is 18.4 Å². The maximum Gasteiger partial charge on any atom is 0.123 e. The van der Waals surface area contributed by atoms with Gasteiger partial charge in [0.2, 0.25) is 0 Å². The number of halogens is 1. The molecule has 92 valence electrons. The second-order valence-corrected chi connectivity index (χ2v) is 5.39. The number of benzene rings is 1. The first-order valence-corrected chi connectivity index (χ1v) is 6.37. The molecule has 2 aliphatic rings. The van der Waals surface area contributed by atoms with Gasteiger partial charge in [-0.15, -0.1) is 0 Å². The quantitative estimate of drug-likeness (QED) is 0.848. The Kier molecular flexibility index (Phi) is 2.89. The lowest BCUT2D eigenvalue weighted by Gasteiger charge is -2.17. The predicted octanol–water partition coefficient (Wildman–Crippen LogP) is 2.03. The molecule has 1 aliphatic carbocycles. The van der Waals surface area contributed by atoms with Gasteiger partial charge >= 0.3 is 0 Å². The van der Waals surface area contributed by atoms with Gasteiger partial charge in [-0.05, 0) is 36.5 Å². The summed E-state index contributed by atoms with van der Waals surface area (Å²) in [6.45, 7) is 2.95. The fraction of sp³-hybridized carbons (Fsp3) is 0.571. The number of aliphatic hydroxyl groups is 1. The third-order valence-electron chi connectivity index (χ3n) is 4.21. The van der Waals surface area contributed by atoms with Gasteiger partial charge < -0.3 is 5.11 Å². The maximum absolute atomic E-state index is 12.8. The number of rotatable bonds is 2. The molecule has 0 amide bonds. The molecule has 0 radical (unpaired) electrons. The SMILES string of the molecule is OC1CCC2CN(Cc3ccc(F)cc3)CC12. The molecule has 3 unspecified atom stereocenters. The highest BCUT2D eigenvalue weighted by Crippen LogP contribution is 2.38. The summed E-state index contributed by atoms with van der Waals surface area (Å²) in [5.41, 5.74) is 1.15.